The lowest BCUT2D eigenvalue weighted by Gasteiger charge is -2.22. The number of halogens is 3. The number of hydrogen-bond donors (Lipinski definition) is 3. The van der Waals surface area contributed by atoms with Gasteiger partial charge < -0.3 is 10.4 Å². The normalized spacial score (nSPS) is 20.3. The topological polar surface area (TPSA) is 104 Å². The van der Waals surface area contributed by atoms with Gasteiger partial charge in [0.05, 0.1) is 5.69 Å². The van der Waals surface area contributed by atoms with Crippen LogP contribution < -0.4 is 16.6 Å². The van der Waals surface area contributed by atoms with Crippen LogP contribution in [0.2, 0.25) is 0 Å². The van der Waals surface area contributed by atoms with Crippen molar-refractivity contribution in [2.75, 3.05) is 5.32 Å². The van der Waals surface area contributed by atoms with Crippen molar-refractivity contribution >= 4 is 11.7 Å². The van der Waals surface area contributed by atoms with Gasteiger partial charge >= 0.3 is 11.9 Å². The Morgan fingerprint density at radius 2 is 1.70 bits per heavy atom. The zero-order chi connectivity index (χ0) is 17.0. The van der Waals surface area contributed by atoms with Crippen LogP contribution in [0, 0.1) is 0 Å². The van der Waals surface area contributed by atoms with Crippen LogP contribution in [0.5, 0.6) is 0 Å². The molecular formula is C13H8F3N3O4. The molecule has 0 radical (unpaired) electrons. The van der Waals surface area contributed by atoms with Crippen LogP contribution >= 0.6 is 0 Å². The predicted molar refractivity (Wildman–Crippen MR) is 71.2 cm³/mol. The van der Waals surface area contributed by atoms with Crippen molar-refractivity contribution in [1.29, 1.82) is 0 Å². The van der Waals surface area contributed by atoms with Crippen LogP contribution in [-0.4, -0.2) is 26.7 Å². The summed E-state index contributed by atoms with van der Waals surface area (Å²) in [6.45, 7) is 0. The molecule has 2 heterocycles. The largest absolute Gasteiger partial charge is 0.431 e. The molecular weight excluding hydrogens is 319 g/mol. The van der Waals surface area contributed by atoms with Gasteiger partial charge in [-0.15, -0.1) is 0 Å². The lowest BCUT2D eigenvalue weighted by atomic mass is 9.97. The lowest BCUT2D eigenvalue weighted by molar-refractivity contribution is -0.252. The summed E-state index contributed by atoms with van der Waals surface area (Å²) in [6, 6.07) is 7.39. The maximum absolute atomic E-state index is 13.1. The molecule has 23 heavy (non-hydrogen) atoms. The van der Waals surface area contributed by atoms with Gasteiger partial charge in [0.25, 0.3) is 17.1 Å². The van der Waals surface area contributed by atoms with E-state index in [1.807, 2.05) is 0 Å². The summed E-state index contributed by atoms with van der Waals surface area (Å²) < 4.78 is 40.1. The Labute approximate surface area is 125 Å². The second-order valence-electron chi connectivity index (χ2n) is 4.82. The van der Waals surface area contributed by atoms with Crippen molar-refractivity contribution in [2.24, 2.45) is 0 Å². The van der Waals surface area contributed by atoms with Crippen molar-refractivity contribution in [1.82, 2.24) is 9.55 Å². The minimum absolute atomic E-state index is 0.108. The Morgan fingerprint density at radius 1 is 1.09 bits per heavy atom. The zero-order valence-corrected chi connectivity index (χ0v) is 11.1. The van der Waals surface area contributed by atoms with Gasteiger partial charge in [-0.1, -0.05) is 18.2 Å². The van der Waals surface area contributed by atoms with Crippen LogP contribution in [0.15, 0.2) is 39.9 Å². The first-order valence-corrected chi connectivity index (χ1v) is 6.23. The van der Waals surface area contributed by atoms with Gasteiger partial charge in [0.2, 0.25) is 0 Å². The highest BCUT2D eigenvalue weighted by atomic mass is 19.4. The summed E-state index contributed by atoms with van der Waals surface area (Å²) >= 11 is 0. The van der Waals surface area contributed by atoms with E-state index in [0.717, 1.165) is 0 Å². The molecule has 1 aliphatic heterocycles. The van der Waals surface area contributed by atoms with Crippen molar-refractivity contribution in [3.63, 3.8) is 0 Å². The summed E-state index contributed by atoms with van der Waals surface area (Å²) in [5.41, 5.74) is -7.72. The van der Waals surface area contributed by atoms with E-state index in [1.54, 1.807) is 16.4 Å². The van der Waals surface area contributed by atoms with Gasteiger partial charge in [-0.25, -0.2) is 9.36 Å². The van der Waals surface area contributed by atoms with Gasteiger partial charge in [-0.2, -0.15) is 13.2 Å². The third-order valence-electron chi connectivity index (χ3n) is 3.46. The Morgan fingerprint density at radius 3 is 2.26 bits per heavy atom. The van der Waals surface area contributed by atoms with Crippen molar-refractivity contribution in [2.45, 2.75) is 11.8 Å². The number of benzene rings is 1. The molecule has 1 aliphatic rings. The number of alkyl halides is 3. The minimum Gasteiger partial charge on any atom is -0.368 e. The average molecular weight is 327 g/mol. The Balaban J connectivity index is 2.42. The van der Waals surface area contributed by atoms with Crippen LogP contribution in [0.1, 0.15) is 5.56 Å². The van der Waals surface area contributed by atoms with Gasteiger partial charge in [0.15, 0.2) is 0 Å². The summed E-state index contributed by atoms with van der Waals surface area (Å²) in [5, 5.41) is 11.6. The fraction of sp³-hybridized carbons (Fsp3) is 0.154. The van der Waals surface area contributed by atoms with E-state index in [4.69, 9.17) is 0 Å². The third-order valence-corrected chi connectivity index (χ3v) is 3.46. The first kappa shape index (κ1) is 15.0. The van der Waals surface area contributed by atoms with E-state index < -0.39 is 40.3 Å². The van der Waals surface area contributed by atoms with E-state index in [0.29, 0.717) is 4.57 Å². The van der Waals surface area contributed by atoms with Crippen molar-refractivity contribution in [3.05, 3.63) is 56.7 Å². The number of aromatic amines is 1. The number of para-hydroxylation sites is 1. The fourth-order valence-corrected chi connectivity index (χ4v) is 2.40. The summed E-state index contributed by atoms with van der Waals surface area (Å²) in [7, 11) is 0. The molecule has 1 atom stereocenters. The monoisotopic (exact) mass is 327 g/mol. The maximum atomic E-state index is 13.1. The number of carbonyl (C=O) groups excluding carboxylic acids is 1. The van der Waals surface area contributed by atoms with Crippen LogP contribution in [0.25, 0.3) is 5.69 Å². The molecule has 3 N–H and O–H groups in total. The Kier molecular flexibility index (Phi) is 2.98. The maximum Gasteiger partial charge on any atom is 0.431 e. The smallest absolute Gasteiger partial charge is 0.368 e. The van der Waals surface area contributed by atoms with E-state index in [9.17, 15) is 32.7 Å². The van der Waals surface area contributed by atoms with E-state index in [2.05, 4.69) is 0 Å². The van der Waals surface area contributed by atoms with E-state index in [-0.39, 0.29) is 5.69 Å². The molecule has 0 spiro atoms. The number of aromatic nitrogens is 2. The Bertz CT molecular complexity index is 917. The quantitative estimate of drug-likeness (QED) is 0.697. The summed E-state index contributed by atoms with van der Waals surface area (Å²) in [5.74, 6) is -2.56. The minimum atomic E-state index is -5.44. The first-order chi connectivity index (χ1) is 10.7. The molecule has 3 rings (SSSR count). The van der Waals surface area contributed by atoms with Crippen molar-refractivity contribution < 1.29 is 23.1 Å². The Hall–Kier alpha value is -2.88. The first-order valence-electron chi connectivity index (χ1n) is 6.23. The highest BCUT2D eigenvalue weighted by molar-refractivity contribution is 6.04. The van der Waals surface area contributed by atoms with Gasteiger partial charge in [-0.05, 0) is 12.1 Å². The molecule has 1 aromatic carbocycles. The summed E-state index contributed by atoms with van der Waals surface area (Å²) in [4.78, 5) is 37.1. The zero-order valence-electron chi connectivity index (χ0n) is 11.1. The third kappa shape index (κ3) is 1.91. The number of nitrogens with one attached hydrogen (secondary N) is 2. The van der Waals surface area contributed by atoms with Crippen LogP contribution in [-0.2, 0) is 10.4 Å². The van der Waals surface area contributed by atoms with Crippen molar-refractivity contribution in [3.8, 4) is 5.69 Å². The summed E-state index contributed by atoms with van der Waals surface area (Å²) in [6.07, 6.45) is -5.44. The van der Waals surface area contributed by atoms with E-state index in [1.165, 1.54) is 24.3 Å². The SMILES string of the molecule is O=C1Nc2c(c(=O)[nH]c(=O)n2-c2ccccc2)C1(O)C(F)(F)F. The molecule has 2 aromatic rings. The number of amides is 1. The van der Waals surface area contributed by atoms with Gasteiger partial charge in [0, 0.05) is 0 Å². The molecule has 7 nitrogen and oxygen atoms in total. The second kappa shape index (κ2) is 4.56. The molecule has 120 valence electrons. The highest BCUT2D eigenvalue weighted by Gasteiger charge is 2.66. The number of nitrogens with zero attached hydrogens (tertiary/aromatic N) is 1. The van der Waals surface area contributed by atoms with Gasteiger partial charge in [0.1, 0.15) is 11.4 Å². The molecule has 0 aliphatic carbocycles. The van der Waals surface area contributed by atoms with E-state index >= 15 is 0 Å². The molecule has 0 saturated heterocycles. The van der Waals surface area contributed by atoms with Crippen LogP contribution in [0.3, 0.4) is 0 Å². The number of carbonyl (C=O) groups is 1. The average Bonchev–Trinajstić information content (AvgIpc) is 2.73. The number of hydrogen-bond acceptors (Lipinski definition) is 4. The molecule has 0 fully saturated rings. The lowest BCUT2D eigenvalue weighted by Crippen LogP contribution is -2.50. The number of aliphatic hydroxyl groups is 1. The highest BCUT2D eigenvalue weighted by Crippen LogP contribution is 2.44. The fourth-order valence-electron chi connectivity index (χ4n) is 2.40. The molecule has 1 unspecified atom stereocenters. The number of H-pyrrole nitrogens is 1. The number of fused-ring (bicyclic) bond motifs is 1. The van der Waals surface area contributed by atoms with Crippen LogP contribution in [0.4, 0.5) is 19.0 Å². The molecule has 10 heteroatoms. The molecule has 1 aromatic heterocycles. The number of anilines is 1. The van der Waals surface area contributed by atoms with Gasteiger partial charge in [-0.3, -0.25) is 14.6 Å². The molecule has 0 bridgehead atoms. The second-order valence-corrected chi connectivity index (χ2v) is 4.82. The standard InChI is InChI=1S/C13H8F3N3O4/c14-13(15,16)12(23)7-8(17-10(12)21)19(11(22)18-9(7)20)6-4-2-1-3-5-6/h1-5,23H,(H,17,21)(H,18,20,22). The predicted octanol–water partition coefficient (Wildman–Crippen LogP) is 0.228. The number of rotatable bonds is 1. The molecule has 0 saturated carbocycles. The molecule has 1 amide bonds.